The number of rotatable bonds is 6. The van der Waals surface area contributed by atoms with Crippen LogP contribution in [0.2, 0.25) is 0 Å². The number of carbonyl (C=O) groups is 2. The highest BCUT2D eigenvalue weighted by Crippen LogP contribution is 2.33. The predicted molar refractivity (Wildman–Crippen MR) is 119 cm³/mol. The van der Waals surface area contributed by atoms with Gasteiger partial charge in [-0.25, -0.2) is 0 Å². The maximum Gasteiger partial charge on any atom is 0.278 e. The third-order valence-electron chi connectivity index (χ3n) is 5.22. The highest BCUT2D eigenvalue weighted by Gasteiger charge is 2.39. The van der Waals surface area contributed by atoms with E-state index in [-0.39, 0.29) is 24.1 Å². The molecule has 1 aromatic heterocycles. The van der Waals surface area contributed by atoms with Crippen LogP contribution >= 0.6 is 0 Å². The molecule has 4 rings (SSSR count). The Hall–Kier alpha value is -3.93. The van der Waals surface area contributed by atoms with E-state index in [0.717, 1.165) is 22.3 Å². The Morgan fingerprint density at radius 3 is 2.55 bits per heavy atom. The van der Waals surface area contributed by atoms with Crippen LogP contribution in [0.25, 0.3) is 5.57 Å². The average Bonchev–Trinajstić information content (AvgIpc) is 2.99. The molecule has 2 amide bonds. The van der Waals surface area contributed by atoms with E-state index < -0.39 is 0 Å². The summed E-state index contributed by atoms with van der Waals surface area (Å²) in [4.78, 5) is 32.2. The van der Waals surface area contributed by atoms with E-state index in [4.69, 9.17) is 4.74 Å². The number of carbonyl (C=O) groups excluding carboxylic acids is 2. The summed E-state index contributed by atoms with van der Waals surface area (Å²) in [6.07, 6.45) is 3.32. The number of ether oxygens (including phenoxy) is 1. The van der Waals surface area contributed by atoms with Crippen molar-refractivity contribution in [2.45, 2.75) is 20.4 Å². The molecule has 0 spiro atoms. The van der Waals surface area contributed by atoms with Gasteiger partial charge in [0.1, 0.15) is 11.4 Å². The lowest BCUT2D eigenvalue weighted by atomic mass is 9.97. The number of nitrogens with zero attached hydrogens (tertiary/aromatic N) is 2. The lowest BCUT2D eigenvalue weighted by molar-refractivity contribution is -0.137. The Bertz CT molecular complexity index is 1190. The molecule has 0 radical (unpaired) electrons. The van der Waals surface area contributed by atoms with E-state index in [1.165, 1.54) is 4.90 Å². The van der Waals surface area contributed by atoms with Crippen LogP contribution in [0.5, 0.6) is 5.75 Å². The monoisotopic (exact) mass is 413 g/mol. The molecule has 0 atom stereocenters. The first kappa shape index (κ1) is 20.3. The van der Waals surface area contributed by atoms with Crippen LogP contribution in [0.4, 0.5) is 5.69 Å². The second-order valence-corrected chi connectivity index (χ2v) is 7.48. The molecule has 0 saturated heterocycles. The third kappa shape index (κ3) is 4.05. The van der Waals surface area contributed by atoms with E-state index in [9.17, 15) is 9.59 Å². The van der Waals surface area contributed by atoms with Gasteiger partial charge < -0.3 is 10.1 Å². The minimum absolute atomic E-state index is 0.156. The SMILES string of the molecule is COc1cccc(NC2=C(c3ccc(C)cc3C)C(=O)N(Cc3cccnc3)C2=O)c1. The fraction of sp³-hybridized carbons (Fsp3) is 0.160. The zero-order valence-corrected chi connectivity index (χ0v) is 17.7. The van der Waals surface area contributed by atoms with E-state index in [1.807, 2.05) is 56.3 Å². The summed E-state index contributed by atoms with van der Waals surface area (Å²) < 4.78 is 5.29. The Labute approximate surface area is 181 Å². The minimum Gasteiger partial charge on any atom is -0.497 e. The molecule has 31 heavy (non-hydrogen) atoms. The molecule has 1 aliphatic heterocycles. The van der Waals surface area contributed by atoms with Gasteiger partial charge in [-0.15, -0.1) is 0 Å². The van der Waals surface area contributed by atoms with Gasteiger partial charge in [0, 0.05) is 24.1 Å². The summed E-state index contributed by atoms with van der Waals surface area (Å²) >= 11 is 0. The fourth-order valence-corrected chi connectivity index (χ4v) is 3.70. The van der Waals surface area contributed by atoms with E-state index in [1.54, 1.807) is 31.6 Å². The molecule has 1 aliphatic rings. The van der Waals surface area contributed by atoms with E-state index >= 15 is 0 Å². The van der Waals surface area contributed by atoms with Gasteiger partial charge >= 0.3 is 0 Å². The van der Waals surface area contributed by atoms with Gasteiger partial charge in [-0.05, 0) is 48.7 Å². The van der Waals surface area contributed by atoms with Crippen LogP contribution < -0.4 is 10.1 Å². The molecule has 6 nitrogen and oxygen atoms in total. The first-order chi connectivity index (χ1) is 15.0. The molecule has 1 N–H and O–H groups in total. The molecule has 3 aromatic rings. The fourth-order valence-electron chi connectivity index (χ4n) is 3.70. The quantitative estimate of drug-likeness (QED) is 0.616. The van der Waals surface area contributed by atoms with Crippen molar-refractivity contribution in [3.63, 3.8) is 0 Å². The van der Waals surface area contributed by atoms with Crippen molar-refractivity contribution in [1.82, 2.24) is 9.88 Å². The highest BCUT2D eigenvalue weighted by molar-refractivity contribution is 6.36. The zero-order chi connectivity index (χ0) is 22.0. The average molecular weight is 413 g/mol. The number of aromatic nitrogens is 1. The number of hydrogen-bond acceptors (Lipinski definition) is 5. The number of hydrogen-bond donors (Lipinski definition) is 1. The normalized spacial score (nSPS) is 13.7. The largest absolute Gasteiger partial charge is 0.497 e. The molecular weight excluding hydrogens is 390 g/mol. The highest BCUT2D eigenvalue weighted by atomic mass is 16.5. The smallest absolute Gasteiger partial charge is 0.278 e. The number of pyridine rings is 1. The van der Waals surface area contributed by atoms with E-state index in [0.29, 0.717) is 17.0 Å². The summed E-state index contributed by atoms with van der Waals surface area (Å²) in [6, 6.07) is 16.7. The summed E-state index contributed by atoms with van der Waals surface area (Å²) in [5.41, 5.74) is 4.84. The van der Waals surface area contributed by atoms with Crippen molar-refractivity contribution in [3.05, 3.63) is 94.9 Å². The topological polar surface area (TPSA) is 71.5 Å². The molecule has 2 heterocycles. The number of imide groups is 1. The summed E-state index contributed by atoms with van der Waals surface area (Å²) in [5, 5.41) is 3.17. The van der Waals surface area contributed by atoms with Crippen LogP contribution in [0.3, 0.4) is 0 Å². The van der Waals surface area contributed by atoms with Crippen molar-refractivity contribution in [1.29, 1.82) is 0 Å². The van der Waals surface area contributed by atoms with Crippen LogP contribution in [0.15, 0.2) is 72.7 Å². The van der Waals surface area contributed by atoms with Crippen molar-refractivity contribution in [3.8, 4) is 5.75 Å². The predicted octanol–water partition coefficient (Wildman–Crippen LogP) is 4.10. The van der Waals surface area contributed by atoms with Gasteiger partial charge in [0.2, 0.25) is 0 Å². The maximum absolute atomic E-state index is 13.4. The van der Waals surface area contributed by atoms with Gasteiger partial charge in [-0.3, -0.25) is 19.5 Å². The van der Waals surface area contributed by atoms with Gasteiger partial charge in [-0.1, -0.05) is 35.9 Å². The third-order valence-corrected chi connectivity index (χ3v) is 5.22. The van der Waals surface area contributed by atoms with Gasteiger partial charge in [0.15, 0.2) is 0 Å². The molecular formula is C25H23N3O3. The van der Waals surface area contributed by atoms with Crippen LogP contribution in [-0.4, -0.2) is 28.8 Å². The van der Waals surface area contributed by atoms with Crippen molar-refractivity contribution >= 4 is 23.1 Å². The Kier molecular flexibility index (Phi) is 5.54. The Morgan fingerprint density at radius 2 is 1.84 bits per heavy atom. The summed E-state index contributed by atoms with van der Waals surface area (Å²) in [5.74, 6) is -0.0412. The van der Waals surface area contributed by atoms with Crippen molar-refractivity contribution in [2.75, 3.05) is 12.4 Å². The molecule has 0 bridgehead atoms. The number of benzene rings is 2. The second-order valence-electron chi connectivity index (χ2n) is 7.48. The van der Waals surface area contributed by atoms with Crippen LogP contribution in [0, 0.1) is 13.8 Å². The first-order valence-corrected chi connectivity index (χ1v) is 9.96. The lowest BCUT2D eigenvalue weighted by Crippen LogP contribution is -2.32. The zero-order valence-electron chi connectivity index (χ0n) is 17.7. The number of amides is 2. The maximum atomic E-state index is 13.4. The minimum atomic E-state index is -0.369. The molecule has 6 heteroatoms. The molecule has 156 valence electrons. The number of anilines is 1. The van der Waals surface area contributed by atoms with Crippen LogP contribution in [0.1, 0.15) is 22.3 Å². The van der Waals surface area contributed by atoms with Gasteiger partial charge in [0.25, 0.3) is 11.8 Å². The molecule has 0 aliphatic carbocycles. The molecule has 0 fully saturated rings. The summed E-state index contributed by atoms with van der Waals surface area (Å²) in [7, 11) is 1.58. The number of nitrogens with one attached hydrogen (secondary N) is 1. The second kappa shape index (κ2) is 8.44. The van der Waals surface area contributed by atoms with Crippen LogP contribution in [-0.2, 0) is 16.1 Å². The lowest BCUT2D eigenvalue weighted by Gasteiger charge is -2.15. The Balaban J connectivity index is 1.78. The van der Waals surface area contributed by atoms with Gasteiger partial charge in [-0.2, -0.15) is 0 Å². The molecule has 0 saturated carbocycles. The Morgan fingerprint density at radius 1 is 1.00 bits per heavy atom. The van der Waals surface area contributed by atoms with Crippen molar-refractivity contribution in [2.24, 2.45) is 0 Å². The van der Waals surface area contributed by atoms with E-state index in [2.05, 4.69) is 10.3 Å². The van der Waals surface area contributed by atoms with Crippen molar-refractivity contribution < 1.29 is 14.3 Å². The first-order valence-electron chi connectivity index (χ1n) is 9.96. The number of methoxy groups -OCH3 is 1. The van der Waals surface area contributed by atoms with Gasteiger partial charge in [0.05, 0.1) is 19.2 Å². The summed E-state index contributed by atoms with van der Waals surface area (Å²) in [6.45, 7) is 4.10. The standard InChI is InChI=1S/C25H23N3O3/c1-16-9-10-21(17(2)12-16)22-23(27-19-7-4-8-20(13-19)31-3)25(30)28(24(22)29)15-18-6-5-11-26-14-18/h4-14,27H,15H2,1-3H3. The number of aryl methyl sites for hydroxylation is 2. The molecule has 0 unspecified atom stereocenters. The molecule has 2 aromatic carbocycles.